The molecular formula is C23H17N3O2S. The number of benzene rings is 2. The first-order valence-electron chi connectivity index (χ1n) is 8.97. The van der Waals surface area contributed by atoms with Crippen LogP contribution in [0, 0.1) is 18.3 Å². The van der Waals surface area contributed by atoms with Gasteiger partial charge < -0.3 is 0 Å². The SMILES string of the molecule is Cc1ccc(S(=O)(=O)/N=c2/cc(-c3ccccc3)c(C#N)c3ccccn23)cc1. The molecule has 0 saturated carbocycles. The molecule has 0 radical (unpaired) electrons. The Morgan fingerprint density at radius 3 is 2.31 bits per heavy atom. The first-order chi connectivity index (χ1) is 14.0. The van der Waals surface area contributed by atoms with E-state index < -0.39 is 10.0 Å². The number of fused-ring (bicyclic) bond motifs is 1. The summed E-state index contributed by atoms with van der Waals surface area (Å²) in [6.07, 6.45) is 1.70. The van der Waals surface area contributed by atoms with Crippen molar-refractivity contribution >= 4 is 15.5 Å². The quantitative estimate of drug-likeness (QED) is 0.521. The number of hydrogen-bond donors (Lipinski definition) is 0. The molecule has 0 amide bonds. The first-order valence-corrected chi connectivity index (χ1v) is 10.4. The minimum absolute atomic E-state index is 0.124. The highest BCUT2D eigenvalue weighted by atomic mass is 32.2. The number of nitrogens with zero attached hydrogens (tertiary/aromatic N) is 3. The number of rotatable bonds is 3. The lowest BCUT2D eigenvalue weighted by molar-refractivity contribution is 0.596. The van der Waals surface area contributed by atoms with E-state index in [1.54, 1.807) is 53.1 Å². The molecule has 142 valence electrons. The third-order valence-corrected chi connectivity index (χ3v) is 5.93. The molecule has 0 unspecified atom stereocenters. The fourth-order valence-electron chi connectivity index (χ4n) is 3.17. The minimum atomic E-state index is -3.92. The van der Waals surface area contributed by atoms with Crippen molar-refractivity contribution in [2.24, 2.45) is 4.40 Å². The van der Waals surface area contributed by atoms with E-state index in [2.05, 4.69) is 10.5 Å². The molecule has 6 heteroatoms. The van der Waals surface area contributed by atoms with E-state index >= 15 is 0 Å². The van der Waals surface area contributed by atoms with Crippen molar-refractivity contribution in [1.29, 1.82) is 5.26 Å². The summed E-state index contributed by atoms with van der Waals surface area (Å²) in [4.78, 5) is 0.124. The van der Waals surface area contributed by atoms with E-state index in [4.69, 9.17) is 0 Å². The van der Waals surface area contributed by atoms with Gasteiger partial charge >= 0.3 is 0 Å². The Kier molecular flexibility index (Phi) is 4.75. The van der Waals surface area contributed by atoms with Gasteiger partial charge in [-0.2, -0.15) is 13.7 Å². The van der Waals surface area contributed by atoms with Gasteiger partial charge in [0, 0.05) is 11.8 Å². The molecule has 4 rings (SSSR count). The average molecular weight is 399 g/mol. The van der Waals surface area contributed by atoms with Gasteiger partial charge in [0.2, 0.25) is 0 Å². The molecule has 2 heterocycles. The van der Waals surface area contributed by atoms with Crippen LogP contribution in [0.5, 0.6) is 0 Å². The molecule has 2 aromatic heterocycles. The zero-order valence-corrected chi connectivity index (χ0v) is 16.5. The van der Waals surface area contributed by atoms with Crippen molar-refractivity contribution in [3.8, 4) is 17.2 Å². The van der Waals surface area contributed by atoms with Crippen LogP contribution in [0.2, 0.25) is 0 Å². The average Bonchev–Trinajstić information content (AvgIpc) is 2.74. The van der Waals surface area contributed by atoms with Crippen LogP contribution in [0.25, 0.3) is 16.6 Å². The van der Waals surface area contributed by atoms with Crippen molar-refractivity contribution in [3.05, 3.63) is 102 Å². The molecule has 4 aromatic rings. The molecule has 0 spiro atoms. The van der Waals surface area contributed by atoms with E-state index in [9.17, 15) is 13.7 Å². The zero-order valence-electron chi connectivity index (χ0n) is 15.6. The first kappa shape index (κ1) is 18.7. The maximum atomic E-state index is 12.9. The summed E-state index contributed by atoms with van der Waals surface area (Å²) in [5.74, 6) is 0. The summed E-state index contributed by atoms with van der Waals surface area (Å²) < 4.78 is 31.6. The van der Waals surface area contributed by atoms with Crippen LogP contribution in [0.3, 0.4) is 0 Å². The lowest BCUT2D eigenvalue weighted by atomic mass is 10.0. The Bertz CT molecular complexity index is 1410. The van der Waals surface area contributed by atoms with Crippen molar-refractivity contribution < 1.29 is 8.42 Å². The number of aryl methyl sites for hydroxylation is 1. The van der Waals surface area contributed by atoms with Crippen molar-refractivity contribution in [2.45, 2.75) is 11.8 Å². The van der Waals surface area contributed by atoms with E-state index in [0.29, 0.717) is 16.6 Å². The Morgan fingerprint density at radius 1 is 0.931 bits per heavy atom. The van der Waals surface area contributed by atoms with Gasteiger partial charge in [-0.15, -0.1) is 4.40 Å². The zero-order chi connectivity index (χ0) is 20.4. The van der Waals surface area contributed by atoms with Gasteiger partial charge in [-0.05, 0) is 42.8 Å². The summed E-state index contributed by atoms with van der Waals surface area (Å²) in [5.41, 5.74) is 3.71. The van der Waals surface area contributed by atoms with Gasteiger partial charge in [0.15, 0.2) is 5.49 Å². The van der Waals surface area contributed by atoms with Crippen LogP contribution in [-0.4, -0.2) is 12.8 Å². The molecule has 0 fully saturated rings. The fourth-order valence-corrected chi connectivity index (χ4v) is 4.15. The number of aromatic nitrogens is 1. The highest BCUT2D eigenvalue weighted by Gasteiger charge is 2.15. The van der Waals surface area contributed by atoms with Gasteiger partial charge in [0.05, 0.1) is 16.0 Å². The summed E-state index contributed by atoms with van der Waals surface area (Å²) in [6.45, 7) is 1.89. The Balaban J connectivity index is 2.06. The van der Waals surface area contributed by atoms with E-state index in [1.165, 1.54) is 0 Å². The van der Waals surface area contributed by atoms with Gasteiger partial charge in [-0.1, -0.05) is 54.1 Å². The second kappa shape index (κ2) is 7.38. The van der Waals surface area contributed by atoms with Gasteiger partial charge in [0.25, 0.3) is 10.0 Å². The minimum Gasteiger partial charge on any atom is -0.300 e. The molecule has 0 atom stereocenters. The third-order valence-electron chi connectivity index (χ3n) is 4.63. The molecule has 5 nitrogen and oxygen atoms in total. The molecule has 0 bridgehead atoms. The van der Waals surface area contributed by atoms with Gasteiger partial charge in [0.1, 0.15) is 6.07 Å². The number of nitriles is 1. The molecule has 0 saturated heterocycles. The smallest absolute Gasteiger partial charge is 0.284 e. The van der Waals surface area contributed by atoms with Crippen molar-refractivity contribution in [2.75, 3.05) is 0 Å². The molecule has 0 aliphatic rings. The Hall–Kier alpha value is -3.69. The maximum absolute atomic E-state index is 12.9. The van der Waals surface area contributed by atoms with Gasteiger partial charge in [-0.3, -0.25) is 4.40 Å². The number of sulfonamides is 1. The Labute approximate surface area is 168 Å². The van der Waals surface area contributed by atoms with Crippen LogP contribution in [0.15, 0.2) is 94.4 Å². The third kappa shape index (κ3) is 3.56. The van der Waals surface area contributed by atoms with E-state index in [-0.39, 0.29) is 10.4 Å². The molecule has 0 N–H and O–H groups in total. The fraction of sp³-hybridized carbons (Fsp3) is 0.0435. The number of hydrogen-bond acceptors (Lipinski definition) is 3. The predicted octanol–water partition coefficient (Wildman–Crippen LogP) is 4.08. The number of pyridine rings is 2. The summed E-state index contributed by atoms with van der Waals surface area (Å²) >= 11 is 0. The second-order valence-electron chi connectivity index (χ2n) is 6.60. The highest BCUT2D eigenvalue weighted by molar-refractivity contribution is 7.90. The predicted molar refractivity (Wildman–Crippen MR) is 111 cm³/mol. The molecule has 0 aliphatic heterocycles. The van der Waals surface area contributed by atoms with Crippen LogP contribution in [-0.2, 0) is 10.0 Å². The molecule has 0 aliphatic carbocycles. The molecular weight excluding hydrogens is 382 g/mol. The van der Waals surface area contributed by atoms with Crippen LogP contribution in [0.1, 0.15) is 11.1 Å². The standard InChI is InChI=1S/C23H17N3O2S/c1-17-10-12-19(13-11-17)29(27,28)25-23-15-20(18-7-3-2-4-8-18)21(16-24)22-9-5-6-14-26(22)23/h2-15H,1H3/b25-23-. The second-order valence-corrected chi connectivity index (χ2v) is 8.21. The summed E-state index contributed by atoms with van der Waals surface area (Å²) in [5, 5.41) is 9.79. The summed E-state index contributed by atoms with van der Waals surface area (Å²) in [7, 11) is -3.92. The van der Waals surface area contributed by atoms with E-state index in [1.807, 2.05) is 43.3 Å². The maximum Gasteiger partial charge on any atom is 0.284 e. The topological polar surface area (TPSA) is 74.7 Å². The largest absolute Gasteiger partial charge is 0.300 e. The van der Waals surface area contributed by atoms with Gasteiger partial charge in [-0.25, -0.2) is 0 Å². The highest BCUT2D eigenvalue weighted by Crippen LogP contribution is 2.25. The van der Waals surface area contributed by atoms with Crippen molar-refractivity contribution in [3.63, 3.8) is 0 Å². The van der Waals surface area contributed by atoms with Crippen LogP contribution in [0.4, 0.5) is 0 Å². The normalized spacial score (nSPS) is 12.1. The van der Waals surface area contributed by atoms with Crippen LogP contribution < -0.4 is 5.49 Å². The molecule has 2 aromatic carbocycles. The lowest BCUT2D eigenvalue weighted by Gasteiger charge is -2.10. The van der Waals surface area contributed by atoms with Crippen molar-refractivity contribution in [1.82, 2.24) is 4.40 Å². The Morgan fingerprint density at radius 2 is 1.62 bits per heavy atom. The van der Waals surface area contributed by atoms with Crippen LogP contribution >= 0.6 is 0 Å². The monoisotopic (exact) mass is 399 g/mol. The lowest BCUT2D eigenvalue weighted by Crippen LogP contribution is -2.18. The van der Waals surface area contributed by atoms with E-state index in [0.717, 1.165) is 11.1 Å². The summed E-state index contributed by atoms with van der Waals surface area (Å²) in [6, 6.07) is 25.2. The molecule has 29 heavy (non-hydrogen) atoms.